The number of nitrogens with zero attached hydrogens (tertiary/aromatic N) is 4. The van der Waals surface area contributed by atoms with E-state index in [1.807, 2.05) is 44.2 Å². The Bertz CT molecular complexity index is 1120. The molecule has 1 aromatic heterocycles. The van der Waals surface area contributed by atoms with Crippen LogP contribution in [0.2, 0.25) is 0 Å². The zero-order valence-electron chi connectivity index (χ0n) is 17.5. The summed E-state index contributed by atoms with van der Waals surface area (Å²) in [7, 11) is 0. The van der Waals surface area contributed by atoms with Gasteiger partial charge in [0.25, 0.3) is 5.69 Å². The summed E-state index contributed by atoms with van der Waals surface area (Å²) in [6, 6.07) is 16.1. The molecule has 0 radical (unpaired) electrons. The maximum Gasteiger partial charge on any atom is 0.294 e. The average Bonchev–Trinajstić information content (AvgIpc) is 3.45. The Labute approximate surface area is 183 Å². The van der Waals surface area contributed by atoms with E-state index >= 15 is 0 Å². The molecule has 0 saturated carbocycles. The third kappa shape index (κ3) is 3.89. The van der Waals surface area contributed by atoms with E-state index in [4.69, 9.17) is 18.9 Å². The molecule has 2 aliphatic heterocycles. The van der Waals surface area contributed by atoms with E-state index in [1.165, 1.54) is 10.7 Å². The van der Waals surface area contributed by atoms with Gasteiger partial charge in [-0.15, -0.1) is 5.10 Å². The van der Waals surface area contributed by atoms with Crippen molar-refractivity contribution < 1.29 is 23.9 Å². The first kappa shape index (κ1) is 20.7. The van der Waals surface area contributed by atoms with Crippen molar-refractivity contribution in [2.75, 3.05) is 0 Å². The molecule has 0 spiro atoms. The minimum Gasteiger partial charge on any atom is -0.367 e. The second-order valence-corrected chi connectivity index (χ2v) is 8.12. The fraction of sp³-hybridized carbons (Fsp3) is 0.364. The Morgan fingerprint density at radius 3 is 2.66 bits per heavy atom. The summed E-state index contributed by atoms with van der Waals surface area (Å²) < 4.78 is 25.6. The van der Waals surface area contributed by atoms with Crippen molar-refractivity contribution in [3.05, 3.63) is 82.2 Å². The molecule has 10 heteroatoms. The van der Waals surface area contributed by atoms with Crippen LogP contribution < -0.4 is 0 Å². The molecule has 2 aliphatic rings. The van der Waals surface area contributed by atoms with Gasteiger partial charge in [0, 0.05) is 6.07 Å². The van der Waals surface area contributed by atoms with Gasteiger partial charge in [0.05, 0.1) is 17.7 Å². The van der Waals surface area contributed by atoms with Crippen LogP contribution in [0.4, 0.5) is 5.69 Å². The maximum absolute atomic E-state index is 11.4. The number of fused-ring (bicyclic) bond motifs is 1. The molecule has 4 atom stereocenters. The van der Waals surface area contributed by atoms with Crippen molar-refractivity contribution >= 4 is 5.69 Å². The lowest BCUT2D eigenvalue weighted by molar-refractivity contribution is -0.384. The molecule has 0 N–H and O–H groups in total. The molecule has 166 valence electrons. The summed E-state index contributed by atoms with van der Waals surface area (Å²) in [5, 5.41) is 19.7. The van der Waals surface area contributed by atoms with Gasteiger partial charge in [-0.1, -0.05) is 47.7 Å². The van der Waals surface area contributed by atoms with Crippen molar-refractivity contribution in [2.45, 2.75) is 50.8 Å². The van der Waals surface area contributed by atoms with Crippen molar-refractivity contribution in [1.29, 1.82) is 0 Å². The minimum atomic E-state index is -0.795. The molecule has 5 rings (SSSR count). The molecular formula is C22H22N4O6. The van der Waals surface area contributed by atoms with E-state index in [1.54, 1.807) is 24.4 Å². The van der Waals surface area contributed by atoms with Gasteiger partial charge in [-0.2, -0.15) is 0 Å². The predicted molar refractivity (Wildman–Crippen MR) is 111 cm³/mol. The highest BCUT2D eigenvalue weighted by Crippen LogP contribution is 2.44. The summed E-state index contributed by atoms with van der Waals surface area (Å²) >= 11 is 0. The van der Waals surface area contributed by atoms with Gasteiger partial charge < -0.3 is 18.9 Å². The Balaban J connectivity index is 1.42. The van der Waals surface area contributed by atoms with Gasteiger partial charge in [-0.05, 0) is 25.5 Å². The third-order valence-electron chi connectivity index (χ3n) is 5.40. The lowest BCUT2D eigenvalue weighted by Crippen LogP contribution is -2.33. The lowest BCUT2D eigenvalue weighted by Gasteiger charge is -2.25. The summed E-state index contributed by atoms with van der Waals surface area (Å²) in [5.41, 5.74) is 1.72. The van der Waals surface area contributed by atoms with Crippen LogP contribution >= 0.6 is 0 Å². The topological polar surface area (TPSA) is 111 Å². The van der Waals surface area contributed by atoms with Crippen molar-refractivity contribution in [1.82, 2.24) is 15.0 Å². The van der Waals surface area contributed by atoms with E-state index in [0.29, 0.717) is 18.0 Å². The average molecular weight is 438 g/mol. The molecule has 2 fully saturated rings. The fourth-order valence-electron chi connectivity index (χ4n) is 4.00. The summed E-state index contributed by atoms with van der Waals surface area (Å²) in [5.74, 6) is -0.795. The Hall–Kier alpha value is -3.18. The van der Waals surface area contributed by atoms with Crippen LogP contribution in [0.3, 0.4) is 0 Å². The molecule has 2 saturated heterocycles. The van der Waals surface area contributed by atoms with Crippen LogP contribution in [0.15, 0.2) is 60.8 Å². The Morgan fingerprint density at radius 2 is 1.88 bits per heavy atom. The fourth-order valence-corrected chi connectivity index (χ4v) is 4.00. The van der Waals surface area contributed by atoms with Crippen LogP contribution in [0.1, 0.15) is 31.2 Å². The number of hydrogen-bond acceptors (Lipinski definition) is 8. The zero-order chi connectivity index (χ0) is 22.3. The highest BCUT2D eigenvalue weighted by Gasteiger charge is 2.56. The monoisotopic (exact) mass is 438 g/mol. The van der Waals surface area contributed by atoms with Crippen LogP contribution in [-0.4, -0.2) is 44.2 Å². The second kappa shape index (κ2) is 8.06. The predicted octanol–water partition coefficient (Wildman–Crippen LogP) is 3.31. The first-order valence-corrected chi connectivity index (χ1v) is 10.2. The van der Waals surface area contributed by atoms with Crippen LogP contribution in [-0.2, 0) is 25.6 Å². The number of para-hydroxylation sites is 2. The van der Waals surface area contributed by atoms with Crippen LogP contribution in [0.5, 0.6) is 0 Å². The molecule has 0 amide bonds. The van der Waals surface area contributed by atoms with Crippen molar-refractivity contribution in [3.63, 3.8) is 0 Å². The van der Waals surface area contributed by atoms with Crippen LogP contribution in [0.25, 0.3) is 5.69 Å². The number of hydrogen-bond donors (Lipinski definition) is 0. The van der Waals surface area contributed by atoms with Gasteiger partial charge in [0.15, 0.2) is 12.1 Å². The van der Waals surface area contributed by atoms with Crippen molar-refractivity contribution in [2.24, 2.45) is 0 Å². The van der Waals surface area contributed by atoms with Gasteiger partial charge in [-0.3, -0.25) is 10.1 Å². The summed E-state index contributed by atoms with van der Waals surface area (Å²) in [4.78, 5) is 10.9. The molecular weight excluding hydrogens is 416 g/mol. The number of ether oxygens (including phenoxy) is 4. The zero-order valence-corrected chi connectivity index (χ0v) is 17.5. The molecule has 2 aromatic carbocycles. The maximum atomic E-state index is 11.4. The van der Waals surface area contributed by atoms with E-state index in [0.717, 1.165) is 5.56 Å². The minimum absolute atomic E-state index is 0.0709. The SMILES string of the molecule is CC1(C)O[C@H]2O[C@H](c3cn(-c4ccccc4[N+](=O)[O-])nn3)[C@H](OCc3ccccc3)[C@H]2O1. The normalized spacial score (nSPS) is 26.2. The molecule has 3 aromatic rings. The highest BCUT2D eigenvalue weighted by molar-refractivity contribution is 5.51. The molecule has 0 unspecified atom stereocenters. The first-order chi connectivity index (χ1) is 15.4. The molecule has 0 bridgehead atoms. The van der Waals surface area contributed by atoms with E-state index in [-0.39, 0.29) is 5.69 Å². The number of benzene rings is 2. The molecule has 32 heavy (non-hydrogen) atoms. The van der Waals surface area contributed by atoms with Gasteiger partial charge in [0.2, 0.25) is 0 Å². The van der Waals surface area contributed by atoms with Gasteiger partial charge in [-0.25, -0.2) is 4.68 Å². The Kier molecular flexibility index (Phi) is 5.22. The summed E-state index contributed by atoms with van der Waals surface area (Å²) in [6.45, 7) is 4.00. The molecule has 0 aliphatic carbocycles. The van der Waals surface area contributed by atoms with Gasteiger partial charge >= 0.3 is 0 Å². The summed E-state index contributed by atoms with van der Waals surface area (Å²) in [6.07, 6.45) is -0.570. The lowest BCUT2D eigenvalue weighted by atomic mass is 10.1. The van der Waals surface area contributed by atoms with Crippen LogP contribution in [0, 0.1) is 10.1 Å². The number of nitro benzene ring substituents is 1. The quantitative estimate of drug-likeness (QED) is 0.426. The van der Waals surface area contributed by atoms with Crippen molar-refractivity contribution in [3.8, 4) is 5.69 Å². The highest BCUT2D eigenvalue weighted by atomic mass is 16.8. The first-order valence-electron chi connectivity index (χ1n) is 10.2. The molecule has 3 heterocycles. The third-order valence-corrected chi connectivity index (χ3v) is 5.40. The number of aromatic nitrogens is 3. The smallest absolute Gasteiger partial charge is 0.294 e. The molecule has 10 nitrogen and oxygen atoms in total. The van der Waals surface area contributed by atoms with E-state index in [9.17, 15) is 10.1 Å². The second-order valence-electron chi connectivity index (χ2n) is 8.12. The Morgan fingerprint density at radius 1 is 1.12 bits per heavy atom. The number of nitro groups is 1. The van der Waals surface area contributed by atoms with E-state index in [2.05, 4.69) is 10.3 Å². The standard InChI is InChI=1S/C22H22N4O6/c1-22(2)31-20-19(29-13-14-8-4-3-5-9-14)18(30-21(20)32-22)15-12-25(24-23-15)16-10-6-7-11-17(16)26(27)28/h3-12,18-21H,13H2,1-2H3/t18-,19+,20-,21-/m1/s1. The number of rotatable bonds is 6. The van der Waals surface area contributed by atoms with E-state index < -0.39 is 35.3 Å². The largest absolute Gasteiger partial charge is 0.367 e. The van der Waals surface area contributed by atoms with Gasteiger partial charge in [0.1, 0.15) is 29.7 Å².